The number of rotatable bonds is 2. The van der Waals surface area contributed by atoms with Crippen LogP contribution in [-0.2, 0) is 10.3 Å². The van der Waals surface area contributed by atoms with Crippen LogP contribution in [0.3, 0.4) is 0 Å². The zero-order valence-corrected chi connectivity index (χ0v) is 16.2. The van der Waals surface area contributed by atoms with Gasteiger partial charge >= 0.3 is 138 Å². The van der Waals surface area contributed by atoms with Crippen molar-refractivity contribution >= 4 is 42.1 Å². The number of nitrogens with zero attached hydrogens (tertiary/aromatic N) is 1. The van der Waals surface area contributed by atoms with Crippen LogP contribution in [0.4, 0.5) is 0 Å². The molecular formula is C15H17BrClNO3Se. The van der Waals surface area contributed by atoms with Gasteiger partial charge in [0.1, 0.15) is 0 Å². The van der Waals surface area contributed by atoms with Gasteiger partial charge in [0.05, 0.1) is 0 Å². The van der Waals surface area contributed by atoms with Gasteiger partial charge in [-0.3, -0.25) is 0 Å². The summed E-state index contributed by atoms with van der Waals surface area (Å²) in [6.45, 7) is 0. The molecule has 120 valence electrons. The van der Waals surface area contributed by atoms with Crippen LogP contribution in [0, 0.1) is 0 Å². The SMILES string of the molecule is COC(=O)c1ccc[n+]2[se]c(C3(O)CCCCC3)c(Br)c12.[Cl-]. The Kier molecular flexibility index (Phi) is 5.73. The van der Waals surface area contributed by atoms with Crippen molar-refractivity contribution in [3.63, 3.8) is 0 Å². The van der Waals surface area contributed by atoms with E-state index in [2.05, 4.69) is 19.3 Å². The van der Waals surface area contributed by atoms with Crippen LogP contribution in [0.15, 0.2) is 22.8 Å². The Hall–Kier alpha value is -0.391. The van der Waals surface area contributed by atoms with Crippen LogP contribution < -0.4 is 15.8 Å². The average Bonchev–Trinajstić information content (AvgIpc) is 2.85. The van der Waals surface area contributed by atoms with Gasteiger partial charge in [-0.2, -0.15) is 0 Å². The fourth-order valence-corrected chi connectivity index (χ4v) is 6.80. The maximum absolute atomic E-state index is 11.9. The van der Waals surface area contributed by atoms with Crippen molar-refractivity contribution < 1.29 is 30.4 Å². The summed E-state index contributed by atoms with van der Waals surface area (Å²) < 4.78 is 8.84. The minimum atomic E-state index is -0.726. The first-order valence-corrected chi connectivity index (χ1v) is 9.43. The molecule has 3 rings (SSSR count). The molecular weight excluding hydrogens is 436 g/mol. The number of methoxy groups -OCH3 is 1. The third-order valence-electron chi connectivity index (χ3n) is 4.07. The summed E-state index contributed by atoms with van der Waals surface area (Å²) in [6, 6.07) is 3.62. The largest absolute Gasteiger partial charge is 1.00 e. The number of pyridine rings is 1. The van der Waals surface area contributed by atoms with E-state index in [4.69, 9.17) is 4.74 Å². The molecule has 1 fully saturated rings. The maximum atomic E-state index is 11.9. The Bertz CT molecular complexity index is 697. The Morgan fingerprint density at radius 1 is 1.41 bits per heavy atom. The number of carbonyl (C=O) groups excluding carboxylic acids is 1. The molecule has 0 amide bonds. The van der Waals surface area contributed by atoms with Gasteiger partial charge in [0.15, 0.2) is 0 Å². The van der Waals surface area contributed by atoms with Gasteiger partial charge in [0.25, 0.3) is 0 Å². The number of hydrogen-bond donors (Lipinski definition) is 1. The van der Waals surface area contributed by atoms with Gasteiger partial charge < -0.3 is 12.4 Å². The van der Waals surface area contributed by atoms with E-state index in [-0.39, 0.29) is 33.1 Å². The Balaban J connectivity index is 0.00000176. The maximum Gasteiger partial charge on any atom is -1.00 e. The predicted octanol–water partition coefficient (Wildman–Crippen LogP) is -0.813. The van der Waals surface area contributed by atoms with Crippen molar-refractivity contribution in [3.8, 4) is 0 Å². The number of fused-ring (bicyclic) bond motifs is 1. The fraction of sp³-hybridized carbons (Fsp3) is 0.467. The molecule has 0 atom stereocenters. The molecule has 0 unspecified atom stereocenters. The first-order chi connectivity index (χ1) is 10.1. The zero-order valence-electron chi connectivity index (χ0n) is 12.1. The quantitative estimate of drug-likeness (QED) is 0.478. The second-order valence-corrected chi connectivity index (χ2v) is 8.27. The van der Waals surface area contributed by atoms with Gasteiger partial charge in [-0.25, -0.2) is 0 Å². The molecule has 22 heavy (non-hydrogen) atoms. The van der Waals surface area contributed by atoms with E-state index in [9.17, 15) is 9.90 Å². The number of ether oxygens (including phenoxy) is 1. The number of hydrogen-bond acceptors (Lipinski definition) is 3. The van der Waals surface area contributed by atoms with Crippen LogP contribution in [0.2, 0.25) is 0 Å². The summed E-state index contributed by atoms with van der Waals surface area (Å²) in [6.07, 6.45) is 6.88. The zero-order chi connectivity index (χ0) is 15.0. The van der Waals surface area contributed by atoms with Crippen LogP contribution in [0.25, 0.3) is 5.52 Å². The van der Waals surface area contributed by atoms with Gasteiger partial charge in [-0.1, -0.05) is 0 Å². The van der Waals surface area contributed by atoms with Crippen molar-refractivity contribution in [3.05, 3.63) is 32.8 Å². The molecule has 4 nitrogen and oxygen atoms in total. The molecule has 0 spiro atoms. The number of aliphatic hydroxyl groups is 1. The Morgan fingerprint density at radius 2 is 2.09 bits per heavy atom. The van der Waals surface area contributed by atoms with E-state index in [1.807, 2.05) is 12.3 Å². The third kappa shape index (κ3) is 3.00. The first-order valence-electron chi connectivity index (χ1n) is 7.01. The Morgan fingerprint density at radius 3 is 2.73 bits per heavy atom. The molecule has 1 aliphatic rings. The number of carbonyl (C=O) groups is 1. The van der Waals surface area contributed by atoms with Gasteiger partial charge in [-0.15, -0.1) is 0 Å². The Labute approximate surface area is 150 Å². The topological polar surface area (TPSA) is 50.6 Å². The van der Waals surface area contributed by atoms with Gasteiger partial charge in [-0.05, 0) is 0 Å². The molecule has 7 heteroatoms. The molecule has 1 aliphatic carbocycles. The van der Waals surface area contributed by atoms with E-state index < -0.39 is 5.60 Å². The van der Waals surface area contributed by atoms with Crippen LogP contribution in [0.1, 0.15) is 46.9 Å². The van der Waals surface area contributed by atoms with E-state index in [1.54, 1.807) is 6.07 Å². The molecule has 2 aromatic rings. The summed E-state index contributed by atoms with van der Waals surface area (Å²) in [4.78, 5) is 11.9. The number of aromatic nitrogens is 1. The standard InChI is InChI=1S/C15H17BrNO3Se.ClH/c1-20-14(18)10-6-5-9-17-12(10)11(16)13(21-17)15(19)7-3-2-4-8-15;/h5-6,9,19H,2-4,7-8H2,1H3;1H/q+1;/p-1. The van der Waals surface area contributed by atoms with Crippen molar-refractivity contribution in [2.45, 2.75) is 37.7 Å². The summed E-state index contributed by atoms with van der Waals surface area (Å²) in [7, 11) is 1.39. The number of esters is 1. The van der Waals surface area contributed by atoms with Gasteiger partial charge in [0, 0.05) is 0 Å². The normalized spacial score (nSPS) is 17.0. The monoisotopic (exact) mass is 453 g/mol. The molecule has 0 bridgehead atoms. The third-order valence-corrected chi connectivity index (χ3v) is 8.09. The van der Waals surface area contributed by atoms with Crippen LogP contribution in [-0.4, -0.2) is 32.9 Å². The molecule has 2 heterocycles. The van der Waals surface area contributed by atoms with E-state index >= 15 is 0 Å². The average molecular weight is 454 g/mol. The molecule has 2 aromatic heterocycles. The summed E-state index contributed by atoms with van der Waals surface area (Å²) in [5, 5.41) is 11.0. The van der Waals surface area contributed by atoms with Crippen molar-refractivity contribution in [2.24, 2.45) is 0 Å². The molecule has 1 N–H and O–H groups in total. The summed E-state index contributed by atoms with van der Waals surface area (Å²) in [5.74, 6) is -0.344. The molecule has 1 saturated carbocycles. The molecule has 0 radical (unpaired) electrons. The van der Waals surface area contributed by atoms with Crippen LogP contribution >= 0.6 is 15.9 Å². The smallest absolute Gasteiger partial charge is 1.00 e. The fourth-order valence-electron chi connectivity index (χ4n) is 2.95. The van der Waals surface area contributed by atoms with E-state index in [0.717, 1.165) is 40.1 Å². The predicted molar refractivity (Wildman–Crippen MR) is 82.6 cm³/mol. The summed E-state index contributed by atoms with van der Waals surface area (Å²) in [5.41, 5.74) is 0.651. The van der Waals surface area contributed by atoms with E-state index in [1.165, 1.54) is 13.5 Å². The van der Waals surface area contributed by atoms with Crippen molar-refractivity contribution in [1.29, 1.82) is 0 Å². The number of halogens is 2. The minimum absolute atomic E-state index is 0. The summed E-state index contributed by atoms with van der Waals surface area (Å²) >= 11 is 3.61. The van der Waals surface area contributed by atoms with Crippen LogP contribution in [0.5, 0.6) is 0 Å². The van der Waals surface area contributed by atoms with Crippen molar-refractivity contribution in [1.82, 2.24) is 0 Å². The first kappa shape index (κ1) is 18.0. The molecule has 0 aliphatic heterocycles. The van der Waals surface area contributed by atoms with Gasteiger partial charge in [0.2, 0.25) is 0 Å². The molecule has 0 aromatic carbocycles. The second-order valence-electron chi connectivity index (χ2n) is 5.41. The minimum Gasteiger partial charge on any atom is -1.00 e. The second kappa shape index (κ2) is 7.02. The van der Waals surface area contributed by atoms with E-state index in [0.29, 0.717) is 5.56 Å². The van der Waals surface area contributed by atoms with Crippen molar-refractivity contribution in [2.75, 3.05) is 7.11 Å². The molecule has 0 saturated heterocycles.